The number of hydrogen-bond donors (Lipinski definition) is 1. The minimum atomic E-state index is -4.66. The number of nitrogens with two attached hydrogens (primary N) is 1. The van der Waals surface area contributed by atoms with Crippen LogP contribution < -0.4 is 10.5 Å². The molecule has 150 valence electrons. The zero-order valence-corrected chi connectivity index (χ0v) is 15.1. The van der Waals surface area contributed by atoms with E-state index in [0.717, 1.165) is 25.6 Å². The lowest BCUT2D eigenvalue weighted by molar-refractivity contribution is -0.141. The lowest BCUT2D eigenvalue weighted by Gasteiger charge is -2.28. The maximum Gasteiger partial charge on any atom is 0.433 e. The molecule has 1 saturated carbocycles. The van der Waals surface area contributed by atoms with Gasteiger partial charge in [-0.15, -0.1) is 0 Å². The van der Waals surface area contributed by atoms with Crippen molar-refractivity contribution < 1.29 is 22.3 Å². The molecule has 0 radical (unpaired) electrons. The highest BCUT2D eigenvalue weighted by Crippen LogP contribution is 2.45. The number of ether oxygens (including phenoxy) is 1. The van der Waals surface area contributed by atoms with Crippen LogP contribution in [0.15, 0.2) is 42.9 Å². The molecule has 0 amide bonds. The highest BCUT2D eigenvalue weighted by molar-refractivity contribution is 5.68. The van der Waals surface area contributed by atoms with Crippen LogP contribution in [0, 0.1) is 5.82 Å². The highest BCUT2D eigenvalue weighted by Gasteiger charge is 2.33. The van der Waals surface area contributed by atoms with Gasteiger partial charge >= 0.3 is 6.18 Å². The Kier molecular flexibility index (Phi) is 4.81. The fourth-order valence-corrected chi connectivity index (χ4v) is 3.16. The van der Waals surface area contributed by atoms with E-state index in [1.165, 1.54) is 12.3 Å². The van der Waals surface area contributed by atoms with Gasteiger partial charge in [-0.1, -0.05) is 18.6 Å². The van der Waals surface area contributed by atoms with E-state index in [9.17, 15) is 13.2 Å². The smallest absolute Gasteiger partial charge is 0.433 e. The minimum absolute atomic E-state index is 0.0852. The number of hydrogen-bond acceptors (Lipinski definition) is 5. The van der Waals surface area contributed by atoms with Gasteiger partial charge in [-0.05, 0) is 30.9 Å². The monoisotopic (exact) mass is 404 g/mol. The molecule has 1 aliphatic rings. The molecule has 1 aliphatic carbocycles. The van der Waals surface area contributed by atoms with Crippen LogP contribution in [-0.2, 0) is 6.18 Å². The Labute approximate surface area is 163 Å². The van der Waals surface area contributed by atoms with Gasteiger partial charge in [-0.3, -0.25) is 0 Å². The summed E-state index contributed by atoms with van der Waals surface area (Å²) in [5.41, 5.74) is 5.70. The normalized spacial score (nSPS) is 14.5. The van der Waals surface area contributed by atoms with Crippen LogP contribution in [0.3, 0.4) is 0 Å². The van der Waals surface area contributed by atoms with Gasteiger partial charge in [0, 0.05) is 29.0 Å². The van der Waals surface area contributed by atoms with Crippen molar-refractivity contribution in [2.75, 3.05) is 5.73 Å². The Morgan fingerprint density at radius 2 is 1.83 bits per heavy atom. The quantitative estimate of drug-likeness (QED) is 0.595. The third-order valence-corrected chi connectivity index (χ3v) is 4.91. The van der Waals surface area contributed by atoms with Gasteiger partial charge in [0.1, 0.15) is 12.1 Å². The van der Waals surface area contributed by atoms with Crippen LogP contribution in [0.2, 0.25) is 0 Å². The molecule has 0 aliphatic heterocycles. The Morgan fingerprint density at radius 3 is 2.45 bits per heavy atom. The van der Waals surface area contributed by atoms with E-state index in [0.29, 0.717) is 17.2 Å². The number of nitrogen functional groups attached to an aromatic ring is 1. The number of benzene rings is 1. The number of alkyl halides is 3. The molecule has 0 spiro atoms. The highest BCUT2D eigenvalue weighted by atomic mass is 19.4. The van der Waals surface area contributed by atoms with Crippen LogP contribution >= 0.6 is 0 Å². The van der Waals surface area contributed by atoms with Gasteiger partial charge in [0.2, 0.25) is 5.88 Å². The molecule has 0 saturated heterocycles. The Balaban J connectivity index is 1.78. The summed E-state index contributed by atoms with van der Waals surface area (Å²) in [4.78, 5) is 10.9. The Bertz CT molecular complexity index is 1030. The first-order valence-electron chi connectivity index (χ1n) is 8.94. The minimum Gasteiger partial charge on any atom is -0.436 e. The van der Waals surface area contributed by atoms with Crippen molar-refractivity contribution in [1.29, 1.82) is 0 Å². The summed E-state index contributed by atoms with van der Waals surface area (Å²) in [6.45, 7) is 0. The van der Waals surface area contributed by atoms with Crippen molar-refractivity contribution in [3.05, 3.63) is 59.9 Å². The molecule has 9 heteroatoms. The van der Waals surface area contributed by atoms with Gasteiger partial charge in [0.25, 0.3) is 0 Å². The molecular formula is C20H16F4N4O. The number of nitrogens with zero attached hydrogens (tertiary/aromatic N) is 3. The van der Waals surface area contributed by atoms with Crippen molar-refractivity contribution in [3.63, 3.8) is 0 Å². The largest absolute Gasteiger partial charge is 0.436 e. The van der Waals surface area contributed by atoms with E-state index < -0.39 is 17.7 Å². The van der Waals surface area contributed by atoms with E-state index in [2.05, 4.69) is 15.0 Å². The van der Waals surface area contributed by atoms with Crippen molar-refractivity contribution in [1.82, 2.24) is 15.0 Å². The SMILES string of the molecule is Nc1ccc(-c2ccc(C3CCC3)c(Oc3cc(C(F)(F)F)ncn3)c2F)cn1. The average Bonchev–Trinajstić information content (AvgIpc) is 2.64. The fourth-order valence-electron chi connectivity index (χ4n) is 3.16. The fraction of sp³-hybridized carbons (Fsp3) is 0.250. The van der Waals surface area contributed by atoms with E-state index in [-0.39, 0.29) is 28.9 Å². The molecule has 0 unspecified atom stereocenters. The Morgan fingerprint density at radius 1 is 1.03 bits per heavy atom. The molecule has 29 heavy (non-hydrogen) atoms. The molecule has 0 bridgehead atoms. The molecule has 1 fully saturated rings. The predicted octanol–water partition coefficient (Wildman–Crippen LogP) is 5.34. The van der Waals surface area contributed by atoms with Gasteiger partial charge in [-0.25, -0.2) is 19.3 Å². The second-order valence-electron chi connectivity index (χ2n) is 6.79. The Hall–Kier alpha value is -3.23. The zero-order chi connectivity index (χ0) is 20.6. The molecule has 0 atom stereocenters. The lowest BCUT2D eigenvalue weighted by atomic mass is 9.79. The molecule has 2 aromatic heterocycles. The number of aromatic nitrogens is 3. The van der Waals surface area contributed by atoms with Crippen molar-refractivity contribution >= 4 is 5.82 Å². The van der Waals surface area contributed by atoms with E-state index in [1.54, 1.807) is 18.2 Å². The number of halogens is 4. The van der Waals surface area contributed by atoms with Crippen LogP contribution in [0.4, 0.5) is 23.4 Å². The van der Waals surface area contributed by atoms with Gasteiger partial charge in [0.15, 0.2) is 17.3 Å². The summed E-state index contributed by atoms with van der Waals surface area (Å²) >= 11 is 0. The van der Waals surface area contributed by atoms with Crippen LogP contribution in [0.25, 0.3) is 11.1 Å². The standard InChI is InChI=1S/C20H16F4N4O/c21-18-13(12-4-7-16(25)26-9-12)5-6-14(11-2-1-3-11)19(18)29-17-8-15(20(22,23)24)27-10-28-17/h4-11H,1-3H2,(H2,25,26). The first kappa shape index (κ1) is 19.1. The summed E-state index contributed by atoms with van der Waals surface area (Å²) in [6, 6.07) is 7.15. The predicted molar refractivity (Wildman–Crippen MR) is 97.7 cm³/mol. The molecule has 2 N–H and O–H groups in total. The molecule has 3 aromatic rings. The average molecular weight is 404 g/mol. The van der Waals surface area contributed by atoms with Crippen molar-refractivity contribution in [2.24, 2.45) is 0 Å². The van der Waals surface area contributed by atoms with Crippen molar-refractivity contribution in [2.45, 2.75) is 31.4 Å². The first-order valence-corrected chi connectivity index (χ1v) is 8.94. The molecule has 5 nitrogen and oxygen atoms in total. The summed E-state index contributed by atoms with van der Waals surface area (Å²) in [6.07, 6.45) is 0.223. The number of rotatable bonds is 4. The van der Waals surface area contributed by atoms with Gasteiger partial charge < -0.3 is 10.5 Å². The van der Waals surface area contributed by atoms with E-state index in [4.69, 9.17) is 10.5 Å². The summed E-state index contributed by atoms with van der Waals surface area (Å²) in [7, 11) is 0. The van der Waals surface area contributed by atoms with Gasteiger partial charge in [-0.2, -0.15) is 13.2 Å². The van der Waals surface area contributed by atoms with Gasteiger partial charge in [0.05, 0.1) is 0 Å². The topological polar surface area (TPSA) is 73.9 Å². The second-order valence-corrected chi connectivity index (χ2v) is 6.79. The third-order valence-electron chi connectivity index (χ3n) is 4.91. The van der Waals surface area contributed by atoms with E-state index in [1.807, 2.05) is 0 Å². The lowest BCUT2D eigenvalue weighted by Crippen LogP contribution is -2.12. The molecule has 2 heterocycles. The summed E-state index contributed by atoms with van der Waals surface area (Å²) in [5.74, 6) is -0.817. The molecular weight excluding hydrogens is 388 g/mol. The maximum atomic E-state index is 15.4. The van der Waals surface area contributed by atoms with Crippen LogP contribution in [0.1, 0.15) is 36.4 Å². The van der Waals surface area contributed by atoms with Crippen LogP contribution in [-0.4, -0.2) is 15.0 Å². The summed E-state index contributed by atoms with van der Waals surface area (Å²) < 4.78 is 59.8. The molecule has 1 aromatic carbocycles. The van der Waals surface area contributed by atoms with Crippen LogP contribution in [0.5, 0.6) is 11.6 Å². The van der Waals surface area contributed by atoms with E-state index >= 15 is 4.39 Å². The second kappa shape index (κ2) is 7.31. The number of pyridine rings is 1. The maximum absolute atomic E-state index is 15.4. The van der Waals surface area contributed by atoms with Crippen molar-refractivity contribution in [3.8, 4) is 22.8 Å². The first-order chi connectivity index (χ1) is 13.8. The molecule has 4 rings (SSSR count). The number of anilines is 1. The zero-order valence-electron chi connectivity index (χ0n) is 15.1. The summed E-state index contributed by atoms with van der Waals surface area (Å²) in [5, 5.41) is 0. The third kappa shape index (κ3) is 3.85.